The summed E-state index contributed by atoms with van der Waals surface area (Å²) in [6, 6.07) is 0. The van der Waals surface area contributed by atoms with Gasteiger partial charge in [0.25, 0.3) is 0 Å². The Morgan fingerprint density at radius 3 is 2.68 bits per heavy atom. The van der Waals surface area contributed by atoms with Gasteiger partial charge in [-0.1, -0.05) is 45.3 Å². The van der Waals surface area contributed by atoms with E-state index < -0.39 is 0 Å². The summed E-state index contributed by atoms with van der Waals surface area (Å²) in [4.78, 5) is 12.2. The Morgan fingerprint density at radius 2 is 2.09 bits per heavy atom. The Kier molecular flexibility index (Phi) is 4.43. The lowest BCUT2D eigenvalue weighted by Gasteiger charge is -2.40. The van der Waals surface area contributed by atoms with Gasteiger partial charge in [0.05, 0.1) is 11.8 Å². The van der Waals surface area contributed by atoms with Gasteiger partial charge in [-0.2, -0.15) is 0 Å². The molecule has 1 N–H and O–H groups in total. The van der Waals surface area contributed by atoms with E-state index in [1.807, 2.05) is 0 Å². The predicted octanol–water partition coefficient (Wildman–Crippen LogP) is 5.26. The lowest BCUT2D eigenvalue weighted by Crippen LogP contribution is -2.29. The van der Waals surface area contributed by atoms with Gasteiger partial charge < -0.3 is 9.40 Å². The van der Waals surface area contributed by atoms with Gasteiger partial charge in [-0.25, -0.2) is 9.97 Å². The van der Waals surface area contributed by atoms with E-state index in [4.69, 9.17) is 16.6 Å². The van der Waals surface area contributed by atoms with Gasteiger partial charge in [0, 0.05) is 12.1 Å². The molecule has 0 bridgehead atoms. The van der Waals surface area contributed by atoms with Crippen LogP contribution in [0.15, 0.2) is 23.1 Å². The van der Waals surface area contributed by atoms with E-state index in [0.29, 0.717) is 21.9 Å². The molecule has 22 heavy (non-hydrogen) atoms. The van der Waals surface area contributed by atoms with E-state index in [0.717, 1.165) is 17.8 Å². The molecule has 1 unspecified atom stereocenters. The first kappa shape index (κ1) is 15.4. The maximum absolute atomic E-state index is 5.50. The van der Waals surface area contributed by atoms with Gasteiger partial charge in [-0.05, 0) is 24.7 Å². The molecule has 0 saturated heterocycles. The van der Waals surface area contributed by atoms with Crippen molar-refractivity contribution in [1.82, 2.24) is 15.0 Å². The Morgan fingerprint density at radius 1 is 1.32 bits per heavy atom. The molecule has 1 aliphatic rings. The van der Waals surface area contributed by atoms with Crippen molar-refractivity contribution < 1.29 is 4.42 Å². The van der Waals surface area contributed by atoms with Gasteiger partial charge in [0.15, 0.2) is 0 Å². The van der Waals surface area contributed by atoms with Crippen molar-refractivity contribution in [3.63, 3.8) is 0 Å². The zero-order valence-electron chi connectivity index (χ0n) is 13.3. The third-order valence-corrected chi connectivity index (χ3v) is 5.38. The molecular formula is C17H23N3OS. The molecule has 3 rings (SSSR count). The van der Waals surface area contributed by atoms with E-state index in [-0.39, 0.29) is 0 Å². The van der Waals surface area contributed by atoms with E-state index in [1.54, 1.807) is 18.7 Å². The smallest absolute Gasteiger partial charge is 0.230 e. The van der Waals surface area contributed by atoms with Crippen molar-refractivity contribution in [3.05, 3.63) is 29.1 Å². The van der Waals surface area contributed by atoms with Crippen LogP contribution in [-0.4, -0.2) is 15.0 Å². The molecule has 0 amide bonds. The second-order valence-corrected chi connectivity index (χ2v) is 6.93. The predicted molar refractivity (Wildman–Crippen MR) is 89.1 cm³/mol. The Hall–Kier alpha value is -1.49. The third-order valence-electron chi connectivity index (χ3n) is 5.06. The number of H-pyrrole nitrogens is 1. The van der Waals surface area contributed by atoms with Crippen molar-refractivity contribution >= 4 is 12.2 Å². The fourth-order valence-electron chi connectivity index (χ4n) is 3.82. The number of hydrogen-bond acceptors (Lipinski definition) is 4. The molecule has 5 heteroatoms. The average Bonchev–Trinajstić information content (AvgIpc) is 3.02. The Bertz CT molecular complexity index is 671. The van der Waals surface area contributed by atoms with Gasteiger partial charge >= 0.3 is 0 Å². The molecule has 1 fully saturated rings. The molecule has 0 radical (unpaired) electrons. The van der Waals surface area contributed by atoms with Crippen molar-refractivity contribution in [1.29, 1.82) is 0 Å². The fraction of sp³-hybridized carbons (Fsp3) is 0.588. The number of hydrogen-bond donors (Lipinski definition) is 1. The fourth-order valence-corrected chi connectivity index (χ4v) is 4.06. The summed E-state index contributed by atoms with van der Waals surface area (Å²) in [5.41, 5.74) is 1.08. The molecule has 4 nitrogen and oxygen atoms in total. The second kappa shape index (κ2) is 6.32. The number of nitrogens with one attached hydrogen (secondary N) is 1. The van der Waals surface area contributed by atoms with Crippen LogP contribution in [0.1, 0.15) is 64.1 Å². The van der Waals surface area contributed by atoms with E-state index in [2.05, 4.69) is 28.8 Å². The maximum Gasteiger partial charge on any atom is 0.230 e. The van der Waals surface area contributed by atoms with Gasteiger partial charge in [-0.15, -0.1) is 0 Å². The van der Waals surface area contributed by atoms with Crippen LogP contribution in [0.5, 0.6) is 0 Å². The summed E-state index contributed by atoms with van der Waals surface area (Å²) in [7, 11) is 0. The molecule has 2 heterocycles. The highest BCUT2D eigenvalue weighted by molar-refractivity contribution is 7.71. The molecular weight excluding hydrogens is 294 g/mol. The molecule has 0 aromatic carbocycles. The monoisotopic (exact) mass is 317 g/mol. The van der Waals surface area contributed by atoms with Crippen LogP contribution in [0.25, 0.3) is 11.5 Å². The first-order chi connectivity index (χ1) is 10.6. The summed E-state index contributed by atoms with van der Waals surface area (Å²) >= 11 is 5.50. The largest absolute Gasteiger partial charge is 0.444 e. The first-order valence-corrected chi connectivity index (χ1v) is 8.54. The highest BCUT2D eigenvalue weighted by Gasteiger charge is 2.36. The van der Waals surface area contributed by atoms with Crippen molar-refractivity contribution in [2.75, 3.05) is 0 Å². The molecule has 2 aromatic heterocycles. The van der Waals surface area contributed by atoms with Gasteiger partial charge in [0.1, 0.15) is 16.7 Å². The lowest BCUT2D eigenvalue weighted by molar-refractivity contribution is 0.158. The SMILES string of the molecule is CCC(c1ncc(-c2ncco2)c(=S)[nH]1)C1(C)CCCCC1. The summed E-state index contributed by atoms with van der Waals surface area (Å²) < 4.78 is 5.98. The van der Waals surface area contributed by atoms with Crippen LogP contribution < -0.4 is 0 Å². The number of nitrogens with zero attached hydrogens (tertiary/aromatic N) is 2. The molecule has 0 spiro atoms. The van der Waals surface area contributed by atoms with E-state index >= 15 is 0 Å². The van der Waals surface area contributed by atoms with Crippen LogP contribution >= 0.6 is 12.2 Å². The number of aromatic nitrogens is 3. The van der Waals surface area contributed by atoms with Crippen molar-refractivity contribution in [2.24, 2.45) is 5.41 Å². The quantitative estimate of drug-likeness (QED) is 0.782. The summed E-state index contributed by atoms with van der Waals surface area (Å²) in [6.45, 7) is 4.64. The van der Waals surface area contributed by atoms with E-state index in [9.17, 15) is 0 Å². The molecule has 2 aromatic rings. The Labute approximate surface area is 136 Å². The van der Waals surface area contributed by atoms with Crippen LogP contribution in [0, 0.1) is 10.1 Å². The summed E-state index contributed by atoms with van der Waals surface area (Å²) in [5.74, 6) is 1.96. The zero-order chi connectivity index (χ0) is 15.6. The first-order valence-electron chi connectivity index (χ1n) is 8.13. The minimum atomic E-state index is 0.322. The summed E-state index contributed by atoms with van der Waals surface area (Å²) in [5, 5.41) is 0. The molecule has 118 valence electrons. The molecule has 0 aliphatic heterocycles. The minimum Gasteiger partial charge on any atom is -0.444 e. The topological polar surface area (TPSA) is 54.7 Å². The highest BCUT2D eigenvalue weighted by atomic mass is 32.1. The normalized spacial score (nSPS) is 19.0. The maximum atomic E-state index is 5.50. The van der Waals surface area contributed by atoms with Gasteiger partial charge in [-0.3, -0.25) is 0 Å². The summed E-state index contributed by atoms with van der Waals surface area (Å²) in [6.07, 6.45) is 12.6. The molecule has 1 saturated carbocycles. The number of rotatable bonds is 4. The van der Waals surface area contributed by atoms with Crippen LogP contribution in [0.2, 0.25) is 0 Å². The number of aromatic amines is 1. The van der Waals surface area contributed by atoms with Crippen LogP contribution in [0.3, 0.4) is 0 Å². The standard InChI is InChI=1S/C17H23N3OS/c1-3-13(17(2)7-5-4-6-8-17)14-19-11-12(16(22)20-14)15-18-9-10-21-15/h9-11,13H,3-8H2,1-2H3,(H,19,20,22). The van der Waals surface area contributed by atoms with Crippen LogP contribution in [-0.2, 0) is 0 Å². The highest BCUT2D eigenvalue weighted by Crippen LogP contribution is 2.47. The molecule has 1 atom stereocenters. The average molecular weight is 317 g/mol. The molecule has 1 aliphatic carbocycles. The Balaban J connectivity index is 1.93. The third kappa shape index (κ3) is 2.86. The van der Waals surface area contributed by atoms with Crippen molar-refractivity contribution in [3.8, 4) is 11.5 Å². The minimum absolute atomic E-state index is 0.322. The lowest BCUT2D eigenvalue weighted by atomic mass is 9.66. The van der Waals surface area contributed by atoms with E-state index in [1.165, 1.54) is 32.1 Å². The van der Waals surface area contributed by atoms with Gasteiger partial charge in [0.2, 0.25) is 5.89 Å². The van der Waals surface area contributed by atoms with Crippen molar-refractivity contribution in [2.45, 2.75) is 58.3 Å². The number of oxazole rings is 1. The van der Waals surface area contributed by atoms with Crippen LogP contribution in [0.4, 0.5) is 0 Å². The zero-order valence-corrected chi connectivity index (χ0v) is 14.1. The second-order valence-electron chi connectivity index (χ2n) is 6.52.